The van der Waals surface area contributed by atoms with Gasteiger partial charge in [-0.1, -0.05) is 6.07 Å². The Hall–Kier alpha value is -2.65. The lowest BCUT2D eigenvalue weighted by Crippen LogP contribution is -2.41. The zero-order valence-electron chi connectivity index (χ0n) is 19.1. The molecule has 1 aliphatic heterocycles. The zero-order valence-corrected chi connectivity index (χ0v) is 19.9. The summed E-state index contributed by atoms with van der Waals surface area (Å²) in [5.74, 6) is -3.75. The maximum absolute atomic E-state index is 13.7. The summed E-state index contributed by atoms with van der Waals surface area (Å²) in [5.41, 5.74) is 2.73. The number of aryl methyl sites for hydroxylation is 2. The van der Waals surface area contributed by atoms with Crippen molar-refractivity contribution in [3.05, 3.63) is 63.7 Å². The minimum absolute atomic E-state index is 0.139. The van der Waals surface area contributed by atoms with Crippen LogP contribution in [0.3, 0.4) is 0 Å². The van der Waals surface area contributed by atoms with Gasteiger partial charge in [0.25, 0.3) is 0 Å². The Kier molecular flexibility index (Phi) is 7.33. The SMILES string of the molecule is Cc1cc(C)c(C)c(S(=O)(=O)N2CCC(C(=O)OCC(=O)c3cc(F)ccc3F)CC2)c1C. The Bertz CT molecular complexity index is 1180. The molecule has 3 rings (SSSR count). The molecule has 0 N–H and O–H groups in total. The number of benzene rings is 2. The van der Waals surface area contributed by atoms with Crippen molar-refractivity contribution in [1.82, 2.24) is 4.31 Å². The van der Waals surface area contributed by atoms with Gasteiger partial charge in [-0.25, -0.2) is 17.2 Å². The van der Waals surface area contributed by atoms with Gasteiger partial charge in [0.15, 0.2) is 6.61 Å². The van der Waals surface area contributed by atoms with Crippen LogP contribution in [0.5, 0.6) is 0 Å². The third-order valence-electron chi connectivity index (χ3n) is 6.26. The second-order valence-corrected chi connectivity index (χ2v) is 10.3. The van der Waals surface area contributed by atoms with Crippen molar-refractivity contribution in [3.8, 4) is 0 Å². The smallest absolute Gasteiger partial charge is 0.309 e. The number of ketones is 1. The number of nitrogens with zero attached hydrogens (tertiary/aromatic N) is 1. The summed E-state index contributed by atoms with van der Waals surface area (Å²) in [6.07, 6.45) is 0.479. The summed E-state index contributed by atoms with van der Waals surface area (Å²) in [4.78, 5) is 24.8. The van der Waals surface area contributed by atoms with Crippen molar-refractivity contribution >= 4 is 21.8 Å². The molecule has 1 heterocycles. The Labute approximate surface area is 192 Å². The second kappa shape index (κ2) is 9.69. The quantitative estimate of drug-likeness (QED) is 0.462. The summed E-state index contributed by atoms with van der Waals surface area (Å²) in [6, 6.07) is 4.44. The number of piperidine rings is 1. The second-order valence-electron chi connectivity index (χ2n) is 8.42. The molecule has 178 valence electrons. The average molecular weight is 480 g/mol. The van der Waals surface area contributed by atoms with E-state index in [4.69, 9.17) is 4.74 Å². The zero-order chi connectivity index (χ0) is 24.5. The molecule has 1 aliphatic rings. The van der Waals surface area contributed by atoms with Crippen molar-refractivity contribution in [2.45, 2.75) is 45.4 Å². The van der Waals surface area contributed by atoms with E-state index in [0.29, 0.717) is 16.0 Å². The standard InChI is InChI=1S/C24H27F2NO5S/c1-14-11-15(2)17(4)23(16(14)3)33(30,31)27-9-7-18(8-10-27)24(29)32-13-22(28)20-12-19(25)5-6-21(20)26/h5-6,11-12,18H,7-10,13H2,1-4H3. The van der Waals surface area contributed by atoms with Crippen LogP contribution < -0.4 is 0 Å². The van der Waals surface area contributed by atoms with E-state index in [2.05, 4.69) is 0 Å². The van der Waals surface area contributed by atoms with Crippen LogP contribution in [0.2, 0.25) is 0 Å². The van der Waals surface area contributed by atoms with Crippen LogP contribution in [-0.4, -0.2) is 44.2 Å². The number of ether oxygens (including phenoxy) is 1. The number of sulfonamides is 1. The van der Waals surface area contributed by atoms with Gasteiger partial charge in [0.1, 0.15) is 11.6 Å². The van der Waals surface area contributed by atoms with Crippen LogP contribution in [-0.2, 0) is 19.6 Å². The van der Waals surface area contributed by atoms with E-state index in [9.17, 15) is 26.8 Å². The largest absolute Gasteiger partial charge is 0.457 e. The van der Waals surface area contributed by atoms with Crippen LogP contribution in [0.1, 0.15) is 45.5 Å². The van der Waals surface area contributed by atoms with Crippen molar-refractivity contribution in [2.75, 3.05) is 19.7 Å². The van der Waals surface area contributed by atoms with Crippen molar-refractivity contribution in [1.29, 1.82) is 0 Å². The van der Waals surface area contributed by atoms with Gasteiger partial charge in [0, 0.05) is 13.1 Å². The fourth-order valence-electron chi connectivity index (χ4n) is 4.07. The van der Waals surface area contributed by atoms with Gasteiger partial charge in [0.05, 0.1) is 16.4 Å². The van der Waals surface area contributed by atoms with Gasteiger partial charge in [-0.05, 0) is 81.0 Å². The van der Waals surface area contributed by atoms with Gasteiger partial charge >= 0.3 is 5.97 Å². The Morgan fingerprint density at radius 1 is 1.00 bits per heavy atom. The van der Waals surface area contributed by atoms with Crippen LogP contribution >= 0.6 is 0 Å². The molecule has 0 radical (unpaired) electrons. The number of Topliss-reactive ketones (excluding diaryl/α,β-unsaturated/α-hetero) is 1. The van der Waals surface area contributed by atoms with Crippen molar-refractivity contribution in [2.24, 2.45) is 5.92 Å². The summed E-state index contributed by atoms with van der Waals surface area (Å²) in [7, 11) is -3.74. The van der Waals surface area contributed by atoms with Gasteiger partial charge in [-0.2, -0.15) is 4.31 Å². The molecule has 1 fully saturated rings. The molecule has 0 amide bonds. The summed E-state index contributed by atoms with van der Waals surface area (Å²) in [6.45, 7) is 6.90. The van der Waals surface area contributed by atoms with E-state index in [0.717, 1.165) is 29.3 Å². The molecule has 6 nitrogen and oxygen atoms in total. The highest BCUT2D eigenvalue weighted by Crippen LogP contribution is 2.31. The maximum Gasteiger partial charge on any atom is 0.309 e. The first kappa shape index (κ1) is 25.0. The third-order valence-corrected chi connectivity index (χ3v) is 8.43. The monoisotopic (exact) mass is 479 g/mol. The molecule has 2 aromatic carbocycles. The highest BCUT2D eigenvalue weighted by Gasteiger charge is 2.35. The molecule has 0 aromatic heterocycles. The van der Waals surface area contributed by atoms with Crippen LogP contribution in [0.25, 0.3) is 0 Å². The first-order valence-electron chi connectivity index (χ1n) is 10.7. The van der Waals surface area contributed by atoms with Gasteiger partial charge in [0.2, 0.25) is 15.8 Å². The molecule has 0 spiro atoms. The lowest BCUT2D eigenvalue weighted by atomic mass is 9.98. The number of hydrogen-bond acceptors (Lipinski definition) is 5. The predicted molar refractivity (Wildman–Crippen MR) is 119 cm³/mol. The molecule has 0 saturated carbocycles. The topological polar surface area (TPSA) is 80.8 Å². The lowest BCUT2D eigenvalue weighted by Gasteiger charge is -2.31. The Morgan fingerprint density at radius 2 is 1.58 bits per heavy atom. The number of esters is 1. The molecule has 0 unspecified atom stereocenters. The number of hydrogen-bond donors (Lipinski definition) is 0. The fraction of sp³-hybridized carbons (Fsp3) is 0.417. The van der Waals surface area contributed by atoms with Gasteiger partial charge in [-0.3, -0.25) is 9.59 Å². The molecule has 0 aliphatic carbocycles. The van der Waals surface area contributed by atoms with E-state index >= 15 is 0 Å². The molecule has 33 heavy (non-hydrogen) atoms. The van der Waals surface area contributed by atoms with E-state index in [1.165, 1.54) is 4.31 Å². The maximum atomic E-state index is 13.7. The van der Waals surface area contributed by atoms with Gasteiger partial charge < -0.3 is 4.74 Å². The predicted octanol–water partition coefficient (Wildman–Crippen LogP) is 4.03. The van der Waals surface area contributed by atoms with E-state index < -0.39 is 51.5 Å². The molecule has 1 saturated heterocycles. The first-order chi connectivity index (χ1) is 15.4. The average Bonchev–Trinajstić information content (AvgIpc) is 2.77. The van der Waals surface area contributed by atoms with E-state index in [1.54, 1.807) is 13.8 Å². The van der Waals surface area contributed by atoms with Crippen molar-refractivity contribution < 1.29 is 31.5 Å². The fourth-order valence-corrected chi connectivity index (χ4v) is 6.12. The third kappa shape index (κ3) is 5.14. The minimum Gasteiger partial charge on any atom is -0.457 e. The van der Waals surface area contributed by atoms with Crippen LogP contribution in [0.15, 0.2) is 29.2 Å². The molecule has 2 aromatic rings. The lowest BCUT2D eigenvalue weighted by molar-refractivity contribution is -0.148. The highest BCUT2D eigenvalue weighted by atomic mass is 32.2. The van der Waals surface area contributed by atoms with Gasteiger partial charge in [-0.15, -0.1) is 0 Å². The summed E-state index contributed by atoms with van der Waals surface area (Å²) < 4.78 is 60.1. The number of halogens is 2. The number of carbonyl (C=O) groups is 2. The number of rotatable bonds is 6. The normalized spacial score (nSPS) is 15.5. The van der Waals surface area contributed by atoms with Crippen molar-refractivity contribution in [3.63, 3.8) is 0 Å². The van der Waals surface area contributed by atoms with E-state index in [-0.39, 0.29) is 25.9 Å². The minimum atomic E-state index is -3.74. The highest BCUT2D eigenvalue weighted by molar-refractivity contribution is 7.89. The molecular formula is C24H27F2NO5S. The molecule has 0 bridgehead atoms. The Balaban J connectivity index is 1.63. The Morgan fingerprint density at radius 3 is 2.15 bits per heavy atom. The molecular weight excluding hydrogens is 452 g/mol. The van der Waals surface area contributed by atoms with E-state index in [1.807, 2.05) is 19.9 Å². The first-order valence-corrected chi connectivity index (χ1v) is 12.1. The summed E-state index contributed by atoms with van der Waals surface area (Å²) >= 11 is 0. The van der Waals surface area contributed by atoms with Crippen LogP contribution in [0.4, 0.5) is 8.78 Å². The summed E-state index contributed by atoms with van der Waals surface area (Å²) in [5, 5.41) is 0. The molecule has 9 heteroatoms. The molecule has 0 atom stereocenters. The number of carbonyl (C=O) groups excluding carboxylic acids is 2. The van der Waals surface area contributed by atoms with Crippen LogP contribution in [0, 0.1) is 45.2 Å².